The second kappa shape index (κ2) is 5.04. The van der Waals surface area contributed by atoms with E-state index in [2.05, 4.69) is 0 Å². The molecule has 1 fully saturated rings. The van der Waals surface area contributed by atoms with Crippen molar-refractivity contribution in [2.24, 2.45) is 17.3 Å². The predicted molar refractivity (Wildman–Crippen MR) is 62.5 cm³/mol. The predicted octanol–water partition coefficient (Wildman–Crippen LogP) is 0.838. The zero-order chi connectivity index (χ0) is 13.2. The minimum absolute atomic E-state index is 0.0953. The summed E-state index contributed by atoms with van der Waals surface area (Å²) in [5, 5.41) is 9.01. The van der Waals surface area contributed by atoms with Crippen molar-refractivity contribution >= 4 is 11.9 Å². The Labute approximate surface area is 102 Å². The molecule has 0 aromatic carbocycles. The van der Waals surface area contributed by atoms with Gasteiger partial charge < -0.3 is 14.7 Å². The molecule has 1 saturated carbocycles. The summed E-state index contributed by atoms with van der Waals surface area (Å²) >= 11 is 0. The van der Waals surface area contributed by atoms with Crippen LogP contribution >= 0.6 is 0 Å². The van der Waals surface area contributed by atoms with Gasteiger partial charge in [-0.3, -0.25) is 9.59 Å². The average molecular weight is 243 g/mol. The quantitative estimate of drug-likeness (QED) is 0.702. The third-order valence-corrected chi connectivity index (χ3v) is 3.51. The van der Waals surface area contributed by atoms with Gasteiger partial charge in [-0.25, -0.2) is 0 Å². The van der Waals surface area contributed by atoms with E-state index in [-0.39, 0.29) is 5.91 Å². The van der Waals surface area contributed by atoms with Gasteiger partial charge in [-0.05, 0) is 12.3 Å². The molecule has 5 heteroatoms. The highest BCUT2D eigenvalue weighted by molar-refractivity contribution is 5.91. The van der Waals surface area contributed by atoms with Gasteiger partial charge >= 0.3 is 5.97 Å². The van der Waals surface area contributed by atoms with Crippen LogP contribution in [-0.2, 0) is 14.3 Å². The van der Waals surface area contributed by atoms with Crippen molar-refractivity contribution in [2.45, 2.75) is 20.8 Å². The number of carboxylic acids is 1. The summed E-state index contributed by atoms with van der Waals surface area (Å²) in [5.41, 5.74) is -0.428. The number of hydrogen-bond acceptors (Lipinski definition) is 3. The largest absolute Gasteiger partial charge is 0.481 e. The van der Waals surface area contributed by atoms with Gasteiger partial charge in [0.15, 0.2) is 0 Å². The van der Waals surface area contributed by atoms with Crippen LogP contribution in [-0.4, -0.2) is 48.7 Å². The number of nitrogens with zero attached hydrogens (tertiary/aromatic N) is 1. The number of amides is 1. The van der Waals surface area contributed by atoms with Crippen LogP contribution in [0.2, 0.25) is 0 Å². The molecule has 0 aliphatic heterocycles. The molecule has 0 heterocycles. The first-order chi connectivity index (χ1) is 7.84. The van der Waals surface area contributed by atoms with E-state index in [1.165, 1.54) is 0 Å². The van der Waals surface area contributed by atoms with Gasteiger partial charge in [0.25, 0.3) is 0 Å². The summed E-state index contributed by atoms with van der Waals surface area (Å²) in [4.78, 5) is 24.6. The topological polar surface area (TPSA) is 66.8 Å². The smallest absolute Gasteiger partial charge is 0.307 e. The van der Waals surface area contributed by atoms with Crippen LogP contribution in [0.1, 0.15) is 20.8 Å². The summed E-state index contributed by atoms with van der Waals surface area (Å²) < 4.78 is 5.17. The first-order valence-electron chi connectivity index (χ1n) is 5.89. The normalized spacial score (nSPS) is 25.4. The maximum absolute atomic E-state index is 12.0. The molecular formula is C12H21NO4. The Hall–Kier alpha value is -1.10. The molecule has 1 N–H and O–H groups in total. The third-order valence-electron chi connectivity index (χ3n) is 3.51. The summed E-state index contributed by atoms with van der Waals surface area (Å²) in [6, 6.07) is 0. The summed E-state index contributed by atoms with van der Waals surface area (Å²) in [5.74, 6) is -1.93. The van der Waals surface area contributed by atoms with E-state index < -0.39 is 23.2 Å². The Morgan fingerprint density at radius 2 is 1.94 bits per heavy atom. The zero-order valence-corrected chi connectivity index (χ0v) is 10.9. The number of likely N-dealkylation sites (N-methyl/N-ethyl adjacent to an activating group) is 1. The van der Waals surface area contributed by atoms with Gasteiger partial charge in [-0.2, -0.15) is 0 Å². The molecule has 1 rings (SSSR count). The van der Waals surface area contributed by atoms with E-state index in [0.29, 0.717) is 19.8 Å². The first kappa shape index (κ1) is 14.0. The summed E-state index contributed by atoms with van der Waals surface area (Å²) in [6.45, 7) is 7.16. The number of hydrogen-bond donors (Lipinski definition) is 1. The maximum atomic E-state index is 12.0. The number of rotatable bonds is 6. The molecule has 1 aliphatic carbocycles. The Morgan fingerprint density at radius 3 is 2.35 bits per heavy atom. The van der Waals surface area contributed by atoms with Gasteiger partial charge in [0, 0.05) is 20.2 Å². The van der Waals surface area contributed by atoms with Crippen molar-refractivity contribution < 1.29 is 19.4 Å². The molecule has 0 saturated heterocycles. The van der Waals surface area contributed by atoms with E-state index in [1.54, 1.807) is 11.9 Å². The van der Waals surface area contributed by atoms with Crippen LogP contribution in [0.25, 0.3) is 0 Å². The fraction of sp³-hybridized carbons (Fsp3) is 0.833. The number of carbonyl (C=O) groups excluding carboxylic acids is 1. The second-order valence-electron chi connectivity index (χ2n) is 5.07. The number of ether oxygens (including phenoxy) is 1. The number of carbonyl (C=O) groups is 2. The van der Waals surface area contributed by atoms with Crippen molar-refractivity contribution in [1.29, 1.82) is 0 Å². The Morgan fingerprint density at radius 1 is 1.35 bits per heavy atom. The molecule has 0 aromatic rings. The Balaban J connectivity index is 2.51. The fourth-order valence-corrected chi connectivity index (χ4v) is 2.25. The van der Waals surface area contributed by atoms with Crippen molar-refractivity contribution in [3.05, 3.63) is 0 Å². The highest BCUT2D eigenvalue weighted by Crippen LogP contribution is 2.58. The molecule has 1 aliphatic rings. The zero-order valence-electron chi connectivity index (χ0n) is 10.9. The third kappa shape index (κ3) is 2.77. The van der Waals surface area contributed by atoms with E-state index in [9.17, 15) is 9.59 Å². The summed E-state index contributed by atoms with van der Waals surface area (Å²) in [6.07, 6.45) is 0. The van der Waals surface area contributed by atoms with Crippen LogP contribution in [0.3, 0.4) is 0 Å². The molecular weight excluding hydrogens is 222 g/mol. The standard InChI is InChI=1S/C12H21NO4/c1-5-17-7-6-13(4)10(14)8-9(11(15)16)12(8,2)3/h8-9H,5-7H2,1-4H3,(H,15,16). The van der Waals surface area contributed by atoms with E-state index in [4.69, 9.17) is 9.84 Å². The lowest BCUT2D eigenvalue weighted by Crippen LogP contribution is -2.33. The van der Waals surface area contributed by atoms with Crippen LogP contribution in [0.4, 0.5) is 0 Å². The van der Waals surface area contributed by atoms with Crippen LogP contribution in [0, 0.1) is 17.3 Å². The minimum Gasteiger partial charge on any atom is -0.481 e. The van der Waals surface area contributed by atoms with Gasteiger partial charge in [0.2, 0.25) is 5.91 Å². The maximum Gasteiger partial charge on any atom is 0.307 e. The lowest BCUT2D eigenvalue weighted by Gasteiger charge is -2.17. The summed E-state index contributed by atoms with van der Waals surface area (Å²) in [7, 11) is 1.69. The molecule has 2 atom stereocenters. The van der Waals surface area contributed by atoms with Crippen LogP contribution < -0.4 is 0 Å². The number of aliphatic carboxylic acids is 1. The highest BCUT2D eigenvalue weighted by Gasteiger charge is 2.66. The molecule has 98 valence electrons. The molecule has 1 amide bonds. The van der Waals surface area contributed by atoms with Gasteiger partial charge in [-0.1, -0.05) is 13.8 Å². The monoisotopic (exact) mass is 243 g/mol. The SMILES string of the molecule is CCOCCN(C)C(=O)C1C(C(=O)O)C1(C)C. The van der Waals surface area contributed by atoms with Gasteiger partial charge in [-0.15, -0.1) is 0 Å². The minimum atomic E-state index is -0.883. The molecule has 5 nitrogen and oxygen atoms in total. The lowest BCUT2D eigenvalue weighted by molar-refractivity contribution is -0.141. The van der Waals surface area contributed by atoms with E-state index >= 15 is 0 Å². The van der Waals surface area contributed by atoms with E-state index in [1.807, 2.05) is 20.8 Å². The Kier molecular flexibility index (Phi) is 4.14. The van der Waals surface area contributed by atoms with Crippen LogP contribution in [0.5, 0.6) is 0 Å². The molecule has 0 aromatic heterocycles. The van der Waals surface area contributed by atoms with Crippen molar-refractivity contribution in [3.8, 4) is 0 Å². The molecule has 17 heavy (non-hydrogen) atoms. The molecule has 2 unspecified atom stereocenters. The van der Waals surface area contributed by atoms with Crippen molar-refractivity contribution in [3.63, 3.8) is 0 Å². The molecule has 0 bridgehead atoms. The van der Waals surface area contributed by atoms with Gasteiger partial charge in [0.1, 0.15) is 0 Å². The highest BCUT2D eigenvalue weighted by atomic mass is 16.5. The molecule has 0 radical (unpaired) electrons. The van der Waals surface area contributed by atoms with Gasteiger partial charge in [0.05, 0.1) is 18.4 Å². The lowest BCUT2D eigenvalue weighted by atomic mass is 10.1. The average Bonchev–Trinajstić information content (AvgIpc) is 2.80. The molecule has 0 spiro atoms. The first-order valence-corrected chi connectivity index (χ1v) is 5.89. The van der Waals surface area contributed by atoms with Crippen LogP contribution in [0.15, 0.2) is 0 Å². The second-order valence-corrected chi connectivity index (χ2v) is 5.07. The van der Waals surface area contributed by atoms with Crippen molar-refractivity contribution in [2.75, 3.05) is 26.8 Å². The van der Waals surface area contributed by atoms with E-state index in [0.717, 1.165) is 0 Å². The van der Waals surface area contributed by atoms with Crippen molar-refractivity contribution in [1.82, 2.24) is 4.90 Å². The fourth-order valence-electron chi connectivity index (χ4n) is 2.25. The Bertz CT molecular complexity index is 314. The number of carboxylic acid groups (broad SMARTS) is 1.